The van der Waals surface area contributed by atoms with Crippen LogP contribution in [0.2, 0.25) is 0 Å². The van der Waals surface area contributed by atoms with Gasteiger partial charge in [-0.25, -0.2) is 4.79 Å². The zero-order chi connectivity index (χ0) is 12.4. The molecule has 0 radical (unpaired) electrons. The molecule has 1 aromatic carbocycles. The molecule has 1 aromatic rings. The number of carbonyl (C=O) groups is 2. The molecular weight excluding hydrogens is 222 g/mol. The number of carboxylic acids is 1. The molecule has 0 amide bonds. The van der Waals surface area contributed by atoms with E-state index in [2.05, 4.69) is 10.1 Å². The normalized spacial score (nSPS) is 18.3. The third-order valence-electron chi connectivity index (χ3n) is 2.89. The van der Waals surface area contributed by atoms with Crippen LogP contribution in [-0.2, 0) is 22.5 Å². The van der Waals surface area contributed by atoms with E-state index in [4.69, 9.17) is 5.11 Å². The van der Waals surface area contributed by atoms with E-state index >= 15 is 0 Å². The average Bonchev–Trinajstić information content (AvgIpc) is 2.36. The molecule has 5 heteroatoms. The molecule has 1 heterocycles. The summed E-state index contributed by atoms with van der Waals surface area (Å²) in [7, 11) is 1.33. The molecule has 1 unspecified atom stereocenters. The maximum atomic E-state index is 11.3. The van der Waals surface area contributed by atoms with Gasteiger partial charge in [-0.05, 0) is 29.7 Å². The highest BCUT2D eigenvalue weighted by atomic mass is 16.5. The molecule has 0 aromatic heterocycles. The van der Waals surface area contributed by atoms with E-state index in [1.54, 1.807) is 18.2 Å². The average molecular weight is 235 g/mol. The van der Waals surface area contributed by atoms with Crippen molar-refractivity contribution in [1.29, 1.82) is 0 Å². The first-order valence-electron chi connectivity index (χ1n) is 5.28. The quantitative estimate of drug-likeness (QED) is 0.733. The summed E-state index contributed by atoms with van der Waals surface area (Å²) in [6, 6.07) is 4.64. The second-order valence-electron chi connectivity index (χ2n) is 3.95. The molecule has 2 N–H and O–H groups in total. The highest BCUT2D eigenvalue weighted by molar-refractivity contribution is 5.89. The van der Waals surface area contributed by atoms with Gasteiger partial charge in [-0.1, -0.05) is 6.07 Å². The minimum Gasteiger partial charge on any atom is -0.480 e. The highest BCUT2D eigenvalue weighted by Crippen LogP contribution is 2.19. The van der Waals surface area contributed by atoms with E-state index in [-0.39, 0.29) is 5.97 Å². The van der Waals surface area contributed by atoms with E-state index < -0.39 is 12.0 Å². The minimum atomic E-state index is -0.854. The lowest BCUT2D eigenvalue weighted by molar-refractivity contribution is -0.139. The summed E-state index contributed by atoms with van der Waals surface area (Å²) in [4.78, 5) is 22.2. The number of hydrogen-bond acceptors (Lipinski definition) is 4. The summed E-state index contributed by atoms with van der Waals surface area (Å²) in [5.41, 5.74) is 2.40. The van der Waals surface area contributed by atoms with Gasteiger partial charge in [0.15, 0.2) is 0 Å². The molecule has 17 heavy (non-hydrogen) atoms. The van der Waals surface area contributed by atoms with E-state index in [1.807, 2.05) is 0 Å². The fourth-order valence-electron chi connectivity index (χ4n) is 1.93. The van der Waals surface area contributed by atoms with Crippen LogP contribution in [-0.4, -0.2) is 30.2 Å². The smallest absolute Gasteiger partial charge is 0.337 e. The fourth-order valence-corrected chi connectivity index (χ4v) is 1.93. The van der Waals surface area contributed by atoms with Crippen molar-refractivity contribution in [2.75, 3.05) is 7.11 Å². The first-order valence-corrected chi connectivity index (χ1v) is 5.28. The molecule has 1 atom stereocenters. The second kappa shape index (κ2) is 4.55. The van der Waals surface area contributed by atoms with Crippen LogP contribution in [0.5, 0.6) is 0 Å². The van der Waals surface area contributed by atoms with Crippen molar-refractivity contribution in [3.63, 3.8) is 0 Å². The van der Waals surface area contributed by atoms with Crippen molar-refractivity contribution in [1.82, 2.24) is 5.32 Å². The molecular formula is C12H13NO4. The topological polar surface area (TPSA) is 75.6 Å². The van der Waals surface area contributed by atoms with Gasteiger partial charge in [-0.2, -0.15) is 0 Å². The SMILES string of the molecule is COC(=O)c1ccc2c(c1)CNC(C(=O)O)C2. The Balaban J connectivity index is 2.25. The summed E-state index contributed by atoms with van der Waals surface area (Å²) in [6.07, 6.45) is 0.437. The third kappa shape index (κ3) is 2.29. The number of methoxy groups -OCH3 is 1. The predicted octanol–water partition coefficient (Wildman–Crippen LogP) is 0.572. The van der Waals surface area contributed by atoms with Crippen molar-refractivity contribution in [3.05, 3.63) is 34.9 Å². The summed E-state index contributed by atoms with van der Waals surface area (Å²) in [5, 5.41) is 11.8. The summed E-state index contributed by atoms with van der Waals surface area (Å²) in [5.74, 6) is -1.24. The number of ether oxygens (including phenoxy) is 1. The molecule has 2 rings (SSSR count). The summed E-state index contributed by atoms with van der Waals surface area (Å²) in [6.45, 7) is 0.455. The lowest BCUT2D eigenvalue weighted by Gasteiger charge is -2.23. The van der Waals surface area contributed by atoms with Gasteiger partial charge in [0.25, 0.3) is 0 Å². The summed E-state index contributed by atoms with van der Waals surface area (Å²) < 4.78 is 4.63. The first kappa shape index (κ1) is 11.6. The zero-order valence-electron chi connectivity index (χ0n) is 9.40. The maximum Gasteiger partial charge on any atom is 0.337 e. The molecule has 0 aliphatic carbocycles. The molecule has 0 bridgehead atoms. The van der Waals surface area contributed by atoms with Crippen LogP contribution in [0.3, 0.4) is 0 Å². The molecule has 1 aliphatic heterocycles. The molecule has 0 fully saturated rings. The highest BCUT2D eigenvalue weighted by Gasteiger charge is 2.24. The maximum absolute atomic E-state index is 11.3. The van der Waals surface area contributed by atoms with Crippen LogP contribution in [0, 0.1) is 0 Å². The van der Waals surface area contributed by atoms with Crippen molar-refractivity contribution in [2.24, 2.45) is 0 Å². The molecule has 5 nitrogen and oxygen atoms in total. The number of nitrogens with one attached hydrogen (secondary N) is 1. The number of carbonyl (C=O) groups excluding carboxylic acids is 1. The van der Waals surface area contributed by atoms with Crippen molar-refractivity contribution >= 4 is 11.9 Å². The Labute approximate surface area is 98.4 Å². The fraction of sp³-hybridized carbons (Fsp3) is 0.333. The molecule has 0 saturated carbocycles. The van der Waals surface area contributed by atoms with Crippen LogP contribution in [0.1, 0.15) is 21.5 Å². The van der Waals surface area contributed by atoms with Crippen LogP contribution < -0.4 is 5.32 Å². The van der Waals surface area contributed by atoms with Gasteiger partial charge in [-0.3, -0.25) is 4.79 Å². The van der Waals surface area contributed by atoms with E-state index in [9.17, 15) is 9.59 Å². The van der Waals surface area contributed by atoms with Gasteiger partial charge < -0.3 is 15.2 Å². The number of benzene rings is 1. The predicted molar refractivity (Wildman–Crippen MR) is 59.7 cm³/mol. The number of aliphatic carboxylic acids is 1. The van der Waals surface area contributed by atoms with Gasteiger partial charge in [0.2, 0.25) is 0 Å². The minimum absolute atomic E-state index is 0.381. The third-order valence-corrected chi connectivity index (χ3v) is 2.89. The Hall–Kier alpha value is -1.88. The Bertz CT molecular complexity index is 470. The first-order chi connectivity index (χ1) is 8.11. The zero-order valence-corrected chi connectivity index (χ0v) is 9.40. The van der Waals surface area contributed by atoms with Crippen molar-refractivity contribution in [2.45, 2.75) is 19.0 Å². The van der Waals surface area contributed by atoms with Crippen LogP contribution >= 0.6 is 0 Å². The number of hydrogen-bond donors (Lipinski definition) is 2. The Morgan fingerprint density at radius 1 is 1.41 bits per heavy atom. The Morgan fingerprint density at radius 2 is 2.18 bits per heavy atom. The number of esters is 1. The largest absolute Gasteiger partial charge is 0.480 e. The van der Waals surface area contributed by atoms with Gasteiger partial charge >= 0.3 is 11.9 Å². The second-order valence-corrected chi connectivity index (χ2v) is 3.95. The monoisotopic (exact) mass is 235 g/mol. The van der Waals surface area contributed by atoms with Crippen LogP contribution in [0.4, 0.5) is 0 Å². The van der Waals surface area contributed by atoms with Gasteiger partial charge in [0, 0.05) is 6.54 Å². The Morgan fingerprint density at radius 3 is 2.82 bits per heavy atom. The summed E-state index contributed by atoms with van der Waals surface area (Å²) >= 11 is 0. The van der Waals surface area contributed by atoms with Gasteiger partial charge in [0.05, 0.1) is 12.7 Å². The number of rotatable bonds is 2. The van der Waals surface area contributed by atoms with E-state index in [1.165, 1.54) is 7.11 Å². The van der Waals surface area contributed by atoms with E-state index in [0.29, 0.717) is 18.5 Å². The number of fused-ring (bicyclic) bond motifs is 1. The number of carboxylic acid groups (broad SMARTS) is 1. The molecule has 1 aliphatic rings. The molecule has 90 valence electrons. The van der Waals surface area contributed by atoms with E-state index in [0.717, 1.165) is 11.1 Å². The lowest BCUT2D eigenvalue weighted by atomic mass is 9.94. The van der Waals surface area contributed by atoms with Crippen LogP contribution in [0.25, 0.3) is 0 Å². The van der Waals surface area contributed by atoms with Gasteiger partial charge in [-0.15, -0.1) is 0 Å². The van der Waals surface area contributed by atoms with Crippen molar-refractivity contribution < 1.29 is 19.4 Å². The standard InChI is InChI=1S/C12H13NO4/c1-17-12(16)8-3-2-7-5-10(11(14)15)13-6-9(7)4-8/h2-4,10,13H,5-6H2,1H3,(H,14,15). The lowest BCUT2D eigenvalue weighted by Crippen LogP contribution is -2.41. The van der Waals surface area contributed by atoms with Gasteiger partial charge in [0.1, 0.15) is 6.04 Å². The Kier molecular flexibility index (Phi) is 3.10. The molecule has 0 saturated heterocycles. The molecule has 0 spiro atoms. The van der Waals surface area contributed by atoms with Crippen LogP contribution in [0.15, 0.2) is 18.2 Å². The van der Waals surface area contributed by atoms with Crippen molar-refractivity contribution in [3.8, 4) is 0 Å².